The standard InChI is InChI=1S/C16H14N4O3/c21-15(18-10-12-5-7-17-8-6-12)11-20-16(22)4-3-13(19-20)14-2-1-9-23-14/h1-9H,10-11H2,(H,18,21). The number of carbonyl (C=O) groups excluding carboxylic acids is 1. The molecule has 1 N–H and O–H groups in total. The molecule has 0 radical (unpaired) electrons. The van der Waals surface area contributed by atoms with Crippen molar-refractivity contribution in [2.24, 2.45) is 0 Å². The number of rotatable bonds is 5. The van der Waals surface area contributed by atoms with Crippen molar-refractivity contribution in [1.29, 1.82) is 0 Å². The number of nitrogens with zero attached hydrogens (tertiary/aromatic N) is 3. The first-order chi connectivity index (χ1) is 11.2. The zero-order chi connectivity index (χ0) is 16.1. The summed E-state index contributed by atoms with van der Waals surface area (Å²) in [5, 5.41) is 6.89. The van der Waals surface area contributed by atoms with Crippen molar-refractivity contribution in [2.75, 3.05) is 0 Å². The fourth-order valence-electron chi connectivity index (χ4n) is 2.01. The normalized spacial score (nSPS) is 10.4. The molecule has 0 aliphatic carbocycles. The van der Waals surface area contributed by atoms with E-state index in [9.17, 15) is 9.59 Å². The second-order valence-electron chi connectivity index (χ2n) is 4.82. The van der Waals surface area contributed by atoms with Gasteiger partial charge in [-0.05, 0) is 35.9 Å². The highest BCUT2D eigenvalue weighted by Gasteiger charge is 2.09. The van der Waals surface area contributed by atoms with Crippen LogP contribution in [0.15, 0.2) is 64.3 Å². The van der Waals surface area contributed by atoms with Gasteiger partial charge in [0.05, 0.1) is 6.26 Å². The predicted octanol–water partition coefficient (Wildman–Crippen LogP) is 1.21. The molecular formula is C16H14N4O3. The Morgan fingerprint density at radius 1 is 1.17 bits per heavy atom. The monoisotopic (exact) mass is 310 g/mol. The van der Waals surface area contributed by atoms with E-state index in [0.29, 0.717) is 18.0 Å². The average Bonchev–Trinajstić information content (AvgIpc) is 3.10. The second-order valence-corrected chi connectivity index (χ2v) is 4.82. The highest BCUT2D eigenvalue weighted by atomic mass is 16.3. The van der Waals surface area contributed by atoms with Crippen LogP contribution in [0.3, 0.4) is 0 Å². The molecular weight excluding hydrogens is 296 g/mol. The molecule has 1 amide bonds. The lowest BCUT2D eigenvalue weighted by Crippen LogP contribution is -2.33. The molecule has 0 aliphatic heterocycles. The van der Waals surface area contributed by atoms with Gasteiger partial charge in [0.2, 0.25) is 5.91 Å². The first-order valence-electron chi connectivity index (χ1n) is 7.00. The fourth-order valence-corrected chi connectivity index (χ4v) is 2.01. The highest BCUT2D eigenvalue weighted by molar-refractivity contribution is 5.75. The molecule has 0 aliphatic rings. The van der Waals surface area contributed by atoms with E-state index < -0.39 is 0 Å². The molecule has 0 bridgehead atoms. The Labute approximate surface area is 131 Å². The summed E-state index contributed by atoms with van der Waals surface area (Å²) < 4.78 is 6.35. The summed E-state index contributed by atoms with van der Waals surface area (Å²) in [6.07, 6.45) is 4.83. The molecule has 3 aromatic rings. The van der Waals surface area contributed by atoms with Gasteiger partial charge in [0.1, 0.15) is 12.2 Å². The van der Waals surface area contributed by atoms with Gasteiger partial charge in [0, 0.05) is 25.0 Å². The fraction of sp³-hybridized carbons (Fsp3) is 0.125. The number of nitrogens with one attached hydrogen (secondary N) is 1. The van der Waals surface area contributed by atoms with Crippen LogP contribution in [0, 0.1) is 0 Å². The van der Waals surface area contributed by atoms with E-state index in [1.807, 2.05) is 12.1 Å². The minimum Gasteiger partial charge on any atom is -0.463 e. The first-order valence-corrected chi connectivity index (χ1v) is 7.00. The Hall–Kier alpha value is -3.22. The summed E-state index contributed by atoms with van der Waals surface area (Å²) in [6.45, 7) is 0.215. The van der Waals surface area contributed by atoms with Gasteiger partial charge in [-0.25, -0.2) is 4.68 Å². The smallest absolute Gasteiger partial charge is 0.267 e. The van der Waals surface area contributed by atoms with E-state index in [4.69, 9.17) is 4.42 Å². The van der Waals surface area contributed by atoms with Crippen molar-refractivity contribution in [3.63, 3.8) is 0 Å². The lowest BCUT2D eigenvalue weighted by molar-refractivity contribution is -0.122. The zero-order valence-corrected chi connectivity index (χ0v) is 12.2. The molecule has 0 spiro atoms. The lowest BCUT2D eigenvalue weighted by Gasteiger charge is -2.07. The van der Waals surface area contributed by atoms with Gasteiger partial charge in [0.25, 0.3) is 5.56 Å². The summed E-state index contributed by atoms with van der Waals surface area (Å²) in [5.74, 6) is 0.240. The Bertz CT molecular complexity index is 841. The highest BCUT2D eigenvalue weighted by Crippen LogP contribution is 2.14. The van der Waals surface area contributed by atoms with Crippen LogP contribution in [0.2, 0.25) is 0 Å². The maximum atomic E-state index is 12.0. The summed E-state index contributed by atoms with van der Waals surface area (Å²) in [5.41, 5.74) is 1.08. The largest absolute Gasteiger partial charge is 0.463 e. The molecule has 116 valence electrons. The maximum absolute atomic E-state index is 12.0. The SMILES string of the molecule is O=C(Cn1nc(-c2ccco2)ccc1=O)NCc1ccncc1. The van der Waals surface area contributed by atoms with Gasteiger partial charge < -0.3 is 9.73 Å². The van der Waals surface area contributed by atoms with Crippen LogP contribution < -0.4 is 10.9 Å². The minimum atomic E-state index is -0.348. The van der Waals surface area contributed by atoms with Crippen LogP contribution in [0.1, 0.15) is 5.56 Å². The third-order valence-corrected chi connectivity index (χ3v) is 3.17. The molecule has 0 fully saturated rings. The van der Waals surface area contributed by atoms with E-state index in [0.717, 1.165) is 10.2 Å². The van der Waals surface area contributed by atoms with E-state index in [2.05, 4.69) is 15.4 Å². The molecule has 0 unspecified atom stereocenters. The van der Waals surface area contributed by atoms with Crippen molar-refractivity contribution < 1.29 is 9.21 Å². The number of hydrogen-bond donors (Lipinski definition) is 1. The van der Waals surface area contributed by atoms with Crippen LogP contribution in [0.4, 0.5) is 0 Å². The van der Waals surface area contributed by atoms with E-state index in [-0.39, 0.29) is 18.0 Å². The van der Waals surface area contributed by atoms with E-state index in [1.54, 1.807) is 30.6 Å². The van der Waals surface area contributed by atoms with Gasteiger partial charge in [-0.15, -0.1) is 0 Å². The number of furan rings is 1. The summed E-state index contributed by atoms with van der Waals surface area (Å²) in [6, 6.07) is 10.0. The number of aromatic nitrogens is 3. The Morgan fingerprint density at radius 2 is 2.00 bits per heavy atom. The Balaban J connectivity index is 1.68. The van der Waals surface area contributed by atoms with Crippen LogP contribution in [-0.2, 0) is 17.9 Å². The van der Waals surface area contributed by atoms with Crippen LogP contribution in [0.5, 0.6) is 0 Å². The minimum absolute atomic E-state index is 0.154. The van der Waals surface area contributed by atoms with Crippen LogP contribution >= 0.6 is 0 Å². The van der Waals surface area contributed by atoms with Gasteiger partial charge in [-0.3, -0.25) is 14.6 Å². The number of amides is 1. The maximum Gasteiger partial charge on any atom is 0.267 e. The molecule has 0 saturated heterocycles. The molecule has 3 heterocycles. The van der Waals surface area contributed by atoms with Gasteiger partial charge >= 0.3 is 0 Å². The van der Waals surface area contributed by atoms with Gasteiger partial charge in [0.15, 0.2) is 5.76 Å². The molecule has 3 aromatic heterocycles. The quantitative estimate of drug-likeness (QED) is 0.765. The lowest BCUT2D eigenvalue weighted by atomic mass is 10.3. The number of hydrogen-bond acceptors (Lipinski definition) is 5. The van der Waals surface area contributed by atoms with Crippen molar-refractivity contribution in [2.45, 2.75) is 13.1 Å². The Morgan fingerprint density at radius 3 is 2.74 bits per heavy atom. The first kappa shape index (κ1) is 14.7. The van der Waals surface area contributed by atoms with Crippen molar-refractivity contribution in [3.8, 4) is 11.5 Å². The molecule has 0 atom stereocenters. The summed E-state index contributed by atoms with van der Waals surface area (Å²) in [4.78, 5) is 27.7. The molecule has 7 heteroatoms. The third kappa shape index (κ3) is 3.70. The topological polar surface area (TPSA) is 90.0 Å². The molecule has 7 nitrogen and oxygen atoms in total. The van der Waals surface area contributed by atoms with Crippen molar-refractivity contribution >= 4 is 5.91 Å². The second kappa shape index (κ2) is 6.69. The van der Waals surface area contributed by atoms with E-state index >= 15 is 0 Å². The van der Waals surface area contributed by atoms with Crippen molar-refractivity contribution in [3.05, 3.63) is 71.0 Å². The van der Waals surface area contributed by atoms with Crippen molar-refractivity contribution in [1.82, 2.24) is 20.1 Å². The number of carbonyl (C=O) groups is 1. The Kier molecular flexibility index (Phi) is 4.28. The molecule has 0 saturated carbocycles. The van der Waals surface area contributed by atoms with Gasteiger partial charge in [-0.1, -0.05) is 0 Å². The molecule has 0 aromatic carbocycles. The molecule has 23 heavy (non-hydrogen) atoms. The van der Waals surface area contributed by atoms with E-state index in [1.165, 1.54) is 12.3 Å². The predicted molar refractivity (Wildman–Crippen MR) is 82.3 cm³/mol. The average molecular weight is 310 g/mol. The number of pyridine rings is 1. The summed E-state index contributed by atoms with van der Waals surface area (Å²) in [7, 11) is 0. The molecule has 3 rings (SSSR count). The van der Waals surface area contributed by atoms with Crippen LogP contribution in [-0.4, -0.2) is 20.7 Å². The third-order valence-electron chi connectivity index (χ3n) is 3.17. The van der Waals surface area contributed by atoms with Crippen LogP contribution in [0.25, 0.3) is 11.5 Å². The summed E-state index contributed by atoms with van der Waals surface area (Å²) >= 11 is 0. The van der Waals surface area contributed by atoms with Gasteiger partial charge in [-0.2, -0.15) is 5.10 Å². The zero-order valence-electron chi connectivity index (χ0n) is 12.2.